The van der Waals surface area contributed by atoms with E-state index < -0.39 is 12.1 Å². The van der Waals surface area contributed by atoms with Crippen molar-refractivity contribution >= 4 is 44.8 Å². The van der Waals surface area contributed by atoms with Crippen LogP contribution in [0.1, 0.15) is 16.1 Å². The molecule has 88 valence electrons. The summed E-state index contributed by atoms with van der Waals surface area (Å²) in [6.45, 7) is 0. The number of halogens is 5. The van der Waals surface area contributed by atoms with Gasteiger partial charge in [-0.1, -0.05) is 15.9 Å². The largest absolute Gasteiger partial charge is 0.573 e. The fourth-order valence-corrected chi connectivity index (χ4v) is 2.00. The van der Waals surface area contributed by atoms with E-state index in [4.69, 9.17) is 0 Å². The second-order valence-corrected chi connectivity index (χ2v) is 4.24. The summed E-state index contributed by atoms with van der Waals surface area (Å²) in [6, 6.07) is 0. The summed E-state index contributed by atoms with van der Waals surface area (Å²) in [5, 5.41) is 0.105. The normalized spacial score (nSPS) is 11.3. The molecule has 3 nitrogen and oxygen atoms in total. The van der Waals surface area contributed by atoms with Crippen LogP contribution in [0, 0.1) is 3.57 Å². The van der Waals surface area contributed by atoms with E-state index in [1.807, 2.05) is 0 Å². The first kappa shape index (κ1) is 13.7. The molecule has 0 radical (unpaired) electrons. The van der Waals surface area contributed by atoms with Crippen molar-refractivity contribution in [3.8, 4) is 5.75 Å². The third-order valence-corrected chi connectivity index (χ3v) is 3.19. The van der Waals surface area contributed by atoms with Crippen molar-refractivity contribution in [2.24, 2.45) is 0 Å². The van der Waals surface area contributed by atoms with Crippen LogP contribution < -0.4 is 4.74 Å². The molecule has 0 saturated carbocycles. The number of carbonyl (C=O) groups is 1. The van der Waals surface area contributed by atoms with Gasteiger partial charge in [0.05, 0.1) is 9.26 Å². The molecule has 0 aliphatic carbocycles. The van der Waals surface area contributed by atoms with Crippen LogP contribution in [-0.4, -0.2) is 17.6 Å². The lowest BCUT2D eigenvalue weighted by Gasteiger charge is -2.13. The Hall–Kier alpha value is -0.380. The summed E-state index contributed by atoms with van der Waals surface area (Å²) in [5.74, 6) is -0.436. The van der Waals surface area contributed by atoms with Crippen molar-refractivity contribution in [1.29, 1.82) is 0 Å². The van der Waals surface area contributed by atoms with E-state index in [1.165, 1.54) is 6.20 Å². The average Bonchev–Trinajstić information content (AvgIpc) is 2.19. The summed E-state index contributed by atoms with van der Waals surface area (Å²) in [6.07, 6.45) is -3.18. The summed E-state index contributed by atoms with van der Waals surface area (Å²) in [5.41, 5.74) is 0.150. The maximum Gasteiger partial charge on any atom is 0.573 e. The highest BCUT2D eigenvalue weighted by atomic mass is 127. The van der Waals surface area contributed by atoms with Gasteiger partial charge in [-0.15, -0.1) is 13.2 Å². The SMILES string of the molecule is O=Cc1cnc(CBr)c(OC(F)(F)F)c1I. The van der Waals surface area contributed by atoms with Gasteiger partial charge in [-0.2, -0.15) is 0 Å². The van der Waals surface area contributed by atoms with E-state index in [0.717, 1.165) is 0 Å². The van der Waals surface area contributed by atoms with Crippen molar-refractivity contribution in [2.75, 3.05) is 0 Å². The number of alkyl halides is 4. The molecule has 0 spiro atoms. The Morgan fingerprint density at radius 3 is 2.62 bits per heavy atom. The highest BCUT2D eigenvalue weighted by Crippen LogP contribution is 2.32. The molecule has 8 heteroatoms. The Balaban J connectivity index is 3.26. The first-order valence-electron chi connectivity index (χ1n) is 3.83. The molecule has 0 amide bonds. The number of aldehydes is 1. The Kier molecular flexibility index (Phi) is 4.53. The lowest BCUT2D eigenvalue weighted by Crippen LogP contribution is -2.19. The van der Waals surface area contributed by atoms with E-state index in [-0.39, 0.29) is 20.2 Å². The van der Waals surface area contributed by atoms with Crippen molar-refractivity contribution in [1.82, 2.24) is 4.98 Å². The fourth-order valence-electron chi connectivity index (χ4n) is 0.917. The molecular formula is C8H4BrF3INO2. The molecule has 0 saturated heterocycles. The standard InChI is InChI=1S/C8H4BrF3INO2/c9-1-5-7(16-8(10,11)12)6(13)4(3-15)2-14-5/h2-3H,1H2. The zero-order valence-corrected chi connectivity index (χ0v) is 11.3. The van der Waals surface area contributed by atoms with Gasteiger partial charge in [-0.3, -0.25) is 9.78 Å². The fraction of sp³-hybridized carbons (Fsp3) is 0.250. The van der Waals surface area contributed by atoms with Gasteiger partial charge in [0.2, 0.25) is 0 Å². The van der Waals surface area contributed by atoms with E-state index >= 15 is 0 Å². The molecule has 0 aliphatic rings. The van der Waals surface area contributed by atoms with Crippen LogP contribution in [-0.2, 0) is 5.33 Å². The molecule has 1 aromatic rings. The van der Waals surface area contributed by atoms with E-state index in [1.54, 1.807) is 22.6 Å². The molecule has 0 aliphatic heterocycles. The van der Waals surface area contributed by atoms with Gasteiger partial charge in [0.15, 0.2) is 12.0 Å². The minimum Gasteiger partial charge on any atom is -0.403 e. The van der Waals surface area contributed by atoms with Crippen LogP contribution in [0.4, 0.5) is 13.2 Å². The van der Waals surface area contributed by atoms with Crippen LogP contribution in [0.5, 0.6) is 5.75 Å². The minimum absolute atomic E-state index is 0.0598. The summed E-state index contributed by atoms with van der Waals surface area (Å²) >= 11 is 4.61. The second-order valence-electron chi connectivity index (χ2n) is 2.60. The number of rotatable bonds is 3. The highest BCUT2D eigenvalue weighted by molar-refractivity contribution is 14.1. The maximum atomic E-state index is 12.1. The lowest BCUT2D eigenvalue weighted by atomic mass is 10.2. The number of ether oxygens (including phenoxy) is 1. The zero-order chi connectivity index (χ0) is 12.3. The molecule has 1 rings (SSSR count). The first-order chi connectivity index (χ1) is 7.39. The average molecular weight is 410 g/mol. The number of hydrogen-bond donors (Lipinski definition) is 0. The molecule has 1 aromatic heterocycles. The van der Waals surface area contributed by atoms with Crippen LogP contribution in [0.25, 0.3) is 0 Å². The van der Waals surface area contributed by atoms with Crippen molar-refractivity contribution in [2.45, 2.75) is 11.7 Å². The van der Waals surface area contributed by atoms with Crippen LogP contribution >= 0.6 is 38.5 Å². The molecule has 1 heterocycles. The third kappa shape index (κ3) is 3.30. The molecular weight excluding hydrogens is 406 g/mol. The smallest absolute Gasteiger partial charge is 0.403 e. The van der Waals surface area contributed by atoms with Crippen LogP contribution in [0.2, 0.25) is 0 Å². The second kappa shape index (κ2) is 5.30. The van der Waals surface area contributed by atoms with E-state index in [2.05, 4.69) is 25.7 Å². The Bertz CT molecular complexity index is 411. The molecule has 0 N–H and O–H groups in total. The van der Waals surface area contributed by atoms with Crippen molar-refractivity contribution < 1.29 is 22.7 Å². The molecule has 0 aromatic carbocycles. The predicted molar refractivity (Wildman–Crippen MR) is 61.7 cm³/mol. The summed E-state index contributed by atoms with van der Waals surface area (Å²) in [4.78, 5) is 14.3. The van der Waals surface area contributed by atoms with Gasteiger partial charge in [-0.05, 0) is 22.6 Å². The molecule has 16 heavy (non-hydrogen) atoms. The lowest BCUT2D eigenvalue weighted by molar-refractivity contribution is -0.275. The predicted octanol–water partition coefficient (Wildman–Crippen LogP) is 3.29. The van der Waals surface area contributed by atoms with Gasteiger partial charge >= 0.3 is 6.36 Å². The van der Waals surface area contributed by atoms with Gasteiger partial charge in [-0.25, -0.2) is 0 Å². The number of aromatic nitrogens is 1. The highest BCUT2D eigenvalue weighted by Gasteiger charge is 2.33. The summed E-state index contributed by atoms with van der Waals surface area (Å²) in [7, 11) is 0. The van der Waals surface area contributed by atoms with Gasteiger partial charge in [0, 0.05) is 17.1 Å². The van der Waals surface area contributed by atoms with Gasteiger partial charge in [0.25, 0.3) is 0 Å². The Labute approximate surface area is 111 Å². The van der Waals surface area contributed by atoms with Gasteiger partial charge in [0.1, 0.15) is 0 Å². The van der Waals surface area contributed by atoms with Gasteiger partial charge < -0.3 is 4.74 Å². The Morgan fingerprint density at radius 1 is 1.56 bits per heavy atom. The third-order valence-electron chi connectivity index (χ3n) is 1.55. The van der Waals surface area contributed by atoms with Crippen LogP contribution in [0.15, 0.2) is 6.20 Å². The molecule has 0 atom stereocenters. The number of pyridine rings is 1. The molecule has 0 bridgehead atoms. The topological polar surface area (TPSA) is 39.2 Å². The van der Waals surface area contributed by atoms with Crippen molar-refractivity contribution in [3.63, 3.8) is 0 Å². The van der Waals surface area contributed by atoms with Crippen molar-refractivity contribution in [3.05, 3.63) is 21.0 Å². The van der Waals surface area contributed by atoms with E-state index in [0.29, 0.717) is 6.29 Å². The Morgan fingerprint density at radius 2 is 2.19 bits per heavy atom. The minimum atomic E-state index is -4.81. The number of hydrogen-bond acceptors (Lipinski definition) is 3. The monoisotopic (exact) mass is 409 g/mol. The maximum absolute atomic E-state index is 12.1. The van der Waals surface area contributed by atoms with Crippen LogP contribution in [0.3, 0.4) is 0 Å². The first-order valence-corrected chi connectivity index (χ1v) is 6.03. The number of nitrogens with zero attached hydrogens (tertiary/aromatic N) is 1. The quantitative estimate of drug-likeness (QED) is 0.437. The molecule has 0 unspecified atom stereocenters. The molecule has 0 fully saturated rings. The van der Waals surface area contributed by atoms with E-state index in [9.17, 15) is 18.0 Å². The zero-order valence-electron chi connectivity index (χ0n) is 7.52. The number of carbonyl (C=O) groups excluding carboxylic acids is 1. The summed E-state index contributed by atoms with van der Waals surface area (Å²) < 4.78 is 40.3.